The maximum atomic E-state index is 12.8. The summed E-state index contributed by atoms with van der Waals surface area (Å²) in [4.78, 5) is 19.6. The number of hydrogen-bond donors (Lipinski definition) is 1. The fraction of sp³-hybridized carbons (Fsp3) is 0.294. The average molecular weight is 396 g/mol. The molecule has 3 rings (SSSR count). The molecule has 0 atom stereocenters. The van der Waals surface area contributed by atoms with Crippen LogP contribution in [-0.4, -0.2) is 52.5 Å². The number of sulfonamides is 1. The first-order valence-corrected chi connectivity index (χ1v) is 10.0. The Morgan fingerprint density at radius 3 is 2.38 bits per heavy atom. The molecule has 0 saturated carbocycles. The second-order valence-electron chi connectivity index (χ2n) is 5.89. The first-order valence-electron chi connectivity index (χ1n) is 8.16. The number of H-pyrrole nitrogens is 1. The van der Waals surface area contributed by atoms with E-state index in [0.717, 1.165) is 5.69 Å². The molecule has 1 amide bonds. The van der Waals surface area contributed by atoms with E-state index in [9.17, 15) is 13.2 Å². The van der Waals surface area contributed by atoms with Crippen molar-refractivity contribution in [1.29, 1.82) is 0 Å². The van der Waals surface area contributed by atoms with Crippen molar-refractivity contribution < 1.29 is 18.2 Å². The van der Waals surface area contributed by atoms with Gasteiger partial charge in [-0.25, -0.2) is 18.1 Å². The molecule has 0 aliphatic carbocycles. The van der Waals surface area contributed by atoms with Crippen LogP contribution in [0.25, 0.3) is 0 Å². The minimum Gasteiger partial charge on any atom is -0.368 e. The summed E-state index contributed by atoms with van der Waals surface area (Å²) in [5, 5.41) is 0.0848. The zero-order chi connectivity index (χ0) is 18.7. The number of piperazine rings is 1. The van der Waals surface area contributed by atoms with Crippen LogP contribution in [0, 0.1) is 0 Å². The molecule has 1 aliphatic rings. The number of rotatable bonds is 4. The molecule has 9 heteroatoms. The molecule has 2 N–H and O–H groups in total. The van der Waals surface area contributed by atoms with Crippen molar-refractivity contribution in [2.24, 2.45) is 0 Å². The number of aromatic amines is 1. The van der Waals surface area contributed by atoms with Crippen molar-refractivity contribution in [3.05, 3.63) is 53.3 Å². The highest BCUT2D eigenvalue weighted by Crippen LogP contribution is 2.24. The minimum absolute atomic E-state index is 0.0848. The summed E-state index contributed by atoms with van der Waals surface area (Å²) < 4.78 is 26.3. The molecule has 7 nitrogen and oxygen atoms in total. The Kier molecular flexibility index (Phi) is 5.45. The monoisotopic (exact) mass is 395 g/mol. The van der Waals surface area contributed by atoms with Gasteiger partial charge in [-0.3, -0.25) is 4.79 Å². The fourth-order valence-electron chi connectivity index (χ4n) is 2.89. The maximum Gasteiger partial charge on any atom is 0.254 e. The molecule has 1 aromatic heterocycles. The SMILES string of the molecule is CNS(=O)(=O)c1cc(C(=O)N2CCN(c3cc[nH+]cc3)CC2)ccc1Cl. The summed E-state index contributed by atoms with van der Waals surface area (Å²) in [6.07, 6.45) is 3.73. The highest BCUT2D eigenvalue weighted by Gasteiger charge is 2.24. The quantitative estimate of drug-likeness (QED) is 0.837. The summed E-state index contributed by atoms with van der Waals surface area (Å²) in [6.45, 7) is 2.55. The van der Waals surface area contributed by atoms with Gasteiger partial charge >= 0.3 is 0 Å². The van der Waals surface area contributed by atoms with Crippen molar-refractivity contribution in [2.75, 3.05) is 38.1 Å². The average Bonchev–Trinajstić information content (AvgIpc) is 2.68. The van der Waals surface area contributed by atoms with Gasteiger partial charge in [0.05, 0.1) is 5.02 Å². The molecule has 1 aliphatic heterocycles. The Hall–Kier alpha value is -2.16. The van der Waals surface area contributed by atoms with Crippen molar-refractivity contribution >= 4 is 33.2 Å². The van der Waals surface area contributed by atoms with Gasteiger partial charge in [-0.05, 0) is 25.2 Å². The van der Waals surface area contributed by atoms with E-state index in [1.807, 2.05) is 24.5 Å². The maximum absolute atomic E-state index is 12.8. The Balaban J connectivity index is 1.74. The Bertz CT molecular complexity index is 897. The van der Waals surface area contributed by atoms with Crippen molar-refractivity contribution in [2.45, 2.75) is 4.90 Å². The molecular formula is C17H20ClN4O3S+. The summed E-state index contributed by atoms with van der Waals surface area (Å²) >= 11 is 5.98. The third-order valence-corrected chi connectivity index (χ3v) is 6.26. The van der Waals surface area contributed by atoms with Crippen LogP contribution < -0.4 is 14.6 Å². The van der Waals surface area contributed by atoms with E-state index in [1.54, 1.807) is 11.0 Å². The third kappa shape index (κ3) is 3.82. The molecule has 2 heterocycles. The molecule has 2 aromatic rings. The summed E-state index contributed by atoms with van der Waals surface area (Å²) in [7, 11) is -2.42. The van der Waals surface area contributed by atoms with Gasteiger partial charge in [0.2, 0.25) is 10.0 Å². The van der Waals surface area contributed by atoms with Gasteiger partial charge in [0.15, 0.2) is 12.4 Å². The van der Waals surface area contributed by atoms with E-state index < -0.39 is 10.0 Å². The zero-order valence-corrected chi connectivity index (χ0v) is 15.8. The van der Waals surface area contributed by atoms with Crippen LogP contribution in [0.4, 0.5) is 5.69 Å². The largest absolute Gasteiger partial charge is 0.368 e. The van der Waals surface area contributed by atoms with Crippen LogP contribution in [0.15, 0.2) is 47.6 Å². The van der Waals surface area contributed by atoms with E-state index in [4.69, 9.17) is 11.6 Å². The number of anilines is 1. The molecule has 1 fully saturated rings. The van der Waals surface area contributed by atoms with Gasteiger partial charge in [-0.15, -0.1) is 0 Å². The zero-order valence-electron chi connectivity index (χ0n) is 14.3. The lowest BCUT2D eigenvalue weighted by Crippen LogP contribution is -2.48. The number of carbonyl (C=O) groups excluding carboxylic acids is 1. The number of aromatic nitrogens is 1. The topological polar surface area (TPSA) is 83.9 Å². The smallest absolute Gasteiger partial charge is 0.254 e. The molecule has 0 unspecified atom stereocenters. The Labute approximate surface area is 157 Å². The first kappa shape index (κ1) is 18.6. The summed E-state index contributed by atoms with van der Waals surface area (Å²) in [5.74, 6) is -0.199. The van der Waals surface area contributed by atoms with Crippen molar-refractivity contribution in [3.8, 4) is 0 Å². The molecule has 0 spiro atoms. The highest BCUT2D eigenvalue weighted by atomic mass is 35.5. The predicted molar refractivity (Wildman–Crippen MR) is 98.8 cm³/mol. The van der Waals surface area contributed by atoms with E-state index in [1.165, 1.54) is 19.2 Å². The number of nitrogens with one attached hydrogen (secondary N) is 2. The molecular weight excluding hydrogens is 376 g/mol. The number of nitrogens with zero attached hydrogens (tertiary/aromatic N) is 2. The van der Waals surface area contributed by atoms with E-state index in [0.29, 0.717) is 31.7 Å². The normalized spacial score (nSPS) is 15.2. The number of halogens is 1. The number of carbonyl (C=O) groups is 1. The molecule has 138 valence electrons. The highest BCUT2D eigenvalue weighted by molar-refractivity contribution is 7.89. The minimum atomic E-state index is -3.72. The second-order valence-corrected chi connectivity index (χ2v) is 8.15. The lowest BCUT2D eigenvalue weighted by atomic mass is 10.1. The Morgan fingerprint density at radius 2 is 1.77 bits per heavy atom. The first-order chi connectivity index (χ1) is 12.4. The Morgan fingerprint density at radius 1 is 1.12 bits per heavy atom. The standard InChI is InChI=1S/C17H19ClN4O3S/c1-19-26(24,25)16-12-13(2-3-15(16)18)17(23)22-10-8-21(9-11-22)14-4-6-20-7-5-14/h2-7,12,19H,8-11H2,1H3/p+1. The van der Waals surface area contributed by atoms with Crippen molar-refractivity contribution in [1.82, 2.24) is 9.62 Å². The van der Waals surface area contributed by atoms with Crippen LogP contribution >= 0.6 is 11.6 Å². The second kappa shape index (κ2) is 7.61. The molecule has 0 radical (unpaired) electrons. The van der Waals surface area contributed by atoms with Crippen LogP contribution in [0.5, 0.6) is 0 Å². The van der Waals surface area contributed by atoms with Gasteiger partial charge in [0.25, 0.3) is 5.91 Å². The van der Waals surface area contributed by atoms with Crippen LogP contribution in [0.3, 0.4) is 0 Å². The van der Waals surface area contributed by atoms with Gasteiger partial charge in [-0.1, -0.05) is 11.6 Å². The van der Waals surface area contributed by atoms with Gasteiger partial charge in [-0.2, -0.15) is 0 Å². The van der Waals surface area contributed by atoms with E-state index >= 15 is 0 Å². The summed E-state index contributed by atoms with van der Waals surface area (Å²) in [5.41, 5.74) is 1.41. The van der Waals surface area contributed by atoms with E-state index in [2.05, 4.69) is 14.6 Å². The van der Waals surface area contributed by atoms with Crippen LogP contribution in [0.1, 0.15) is 10.4 Å². The van der Waals surface area contributed by atoms with Gasteiger partial charge < -0.3 is 9.80 Å². The van der Waals surface area contributed by atoms with Gasteiger partial charge in [0, 0.05) is 49.6 Å². The number of amides is 1. The van der Waals surface area contributed by atoms with Gasteiger partial charge in [0.1, 0.15) is 4.90 Å². The summed E-state index contributed by atoms with van der Waals surface area (Å²) in [6, 6.07) is 8.31. The molecule has 26 heavy (non-hydrogen) atoms. The predicted octanol–water partition coefficient (Wildman–Crippen LogP) is 1.02. The lowest BCUT2D eigenvalue weighted by Gasteiger charge is -2.35. The molecule has 0 bridgehead atoms. The van der Waals surface area contributed by atoms with Crippen LogP contribution in [0.2, 0.25) is 5.02 Å². The lowest BCUT2D eigenvalue weighted by molar-refractivity contribution is -0.377. The van der Waals surface area contributed by atoms with Crippen molar-refractivity contribution in [3.63, 3.8) is 0 Å². The van der Waals surface area contributed by atoms with Crippen LogP contribution in [-0.2, 0) is 10.0 Å². The third-order valence-electron chi connectivity index (χ3n) is 4.37. The number of hydrogen-bond acceptors (Lipinski definition) is 4. The molecule has 1 aromatic carbocycles. The number of pyridine rings is 1. The number of benzene rings is 1. The van der Waals surface area contributed by atoms with E-state index in [-0.39, 0.29) is 15.8 Å². The fourth-order valence-corrected chi connectivity index (χ4v) is 4.14. The molecule has 1 saturated heterocycles.